The van der Waals surface area contributed by atoms with Crippen LogP contribution in [0.25, 0.3) is 22.3 Å². The van der Waals surface area contributed by atoms with Crippen molar-refractivity contribution in [2.24, 2.45) is 0 Å². The first-order valence-corrected chi connectivity index (χ1v) is 7.57. The van der Waals surface area contributed by atoms with E-state index in [1.165, 1.54) is 0 Å². The molecule has 0 N–H and O–H groups in total. The largest absolute Gasteiger partial charge is 0.289 e. The third-order valence-electron chi connectivity index (χ3n) is 4.16. The SMILES string of the molecule is Cc1ccc2c(c1)C(=O)c1c(-c3ccc(Cl)cc3)cccc1-2. The van der Waals surface area contributed by atoms with E-state index < -0.39 is 0 Å². The fourth-order valence-electron chi connectivity index (χ4n) is 3.11. The molecule has 0 aliphatic heterocycles. The normalized spacial score (nSPS) is 12.2. The van der Waals surface area contributed by atoms with Gasteiger partial charge in [-0.05, 0) is 47.4 Å². The number of carbonyl (C=O) groups is 1. The molecule has 1 aliphatic carbocycles. The van der Waals surface area contributed by atoms with Gasteiger partial charge in [0.2, 0.25) is 0 Å². The minimum Gasteiger partial charge on any atom is -0.289 e. The lowest BCUT2D eigenvalue weighted by molar-refractivity contribution is 0.104. The first-order chi connectivity index (χ1) is 10.6. The first kappa shape index (κ1) is 13.3. The van der Waals surface area contributed by atoms with Gasteiger partial charge < -0.3 is 0 Å². The van der Waals surface area contributed by atoms with Crippen LogP contribution in [0.15, 0.2) is 60.7 Å². The second kappa shape index (κ2) is 4.82. The van der Waals surface area contributed by atoms with E-state index in [4.69, 9.17) is 11.6 Å². The van der Waals surface area contributed by atoms with Gasteiger partial charge >= 0.3 is 0 Å². The van der Waals surface area contributed by atoms with Crippen molar-refractivity contribution in [2.45, 2.75) is 6.92 Å². The summed E-state index contributed by atoms with van der Waals surface area (Å²) >= 11 is 5.97. The molecule has 22 heavy (non-hydrogen) atoms. The summed E-state index contributed by atoms with van der Waals surface area (Å²) in [6.07, 6.45) is 0. The topological polar surface area (TPSA) is 17.1 Å². The lowest BCUT2D eigenvalue weighted by Gasteiger charge is -2.08. The average molecular weight is 305 g/mol. The summed E-state index contributed by atoms with van der Waals surface area (Å²) in [4.78, 5) is 12.9. The van der Waals surface area contributed by atoms with Crippen molar-refractivity contribution in [1.29, 1.82) is 0 Å². The number of carbonyl (C=O) groups excluding carboxylic acids is 1. The number of hydrogen-bond acceptors (Lipinski definition) is 1. The molecule has 1 aliphatic rings. The van der Waals surface area contributed by atoms with E-state index in [9.17, 15) is 4.79 Å². The van der Waals surface area contributed by atoms with Crippen LogP contribution >= 0.6 is 11.6 Å². The van der Waals surface area contributed by atoms with Crippen LogP contribution in [0, 0.1) is 6.92 Å². The van der Waals surface area contributed by atoms with Crippen LogP contribution in [-0.4, -0.2) is 5.78 Å². The summed E-state index contributed by atoms with van der Waals surface area (Å²) in [5.74, 6) is 0.110. The number of halogens is 1. The van der Waals surface area contributed by atoms with Crippen LogP contribution < -0.4 is 0 Å². The molecule has 2 heteroatoms. The molecular weight excluding hydrogens is 292 g/mol. The van der Waals surface area contributed by atoms with Gasteiger partial charge in [0, 0.05) is 16.1 Å². The molecule has 0 spiro atoms. The minimum absolute atomic E-state index is 0.110. The van der Waals surface area contributed by atoms with Gasteiger partial charge in [0.25, 0.3) is 0 Å². The van der Waals surface area contributed by atoms with Crippen LogP contribution in [0.1, 0.15) is 21.5 Å². The number of hydrogen-bond donors (Lipinski definition) is 0. The molecule has 3 aromatic rings. The van der Waals surface area contributed by atoms with Crippen molar-refractivity contribution in [1.82, 2.24) is 0 Å². The fourth-order valence-corrected chi connectivity index (χ4v) is 3.23. The molecule has 0 aromatic heterocycles. The van der Waals surface area contributed by atoms with Gasteiger partial charge in [-0.2, -0.15) is 0 Å². The third kappa shape index (κ3) is 1.90. The number of aryl methyl sites for hydroxylation is 1. The van der Waals surface area contributed by atoms with Crippen molar-refractivity contribution in [2.75, 3.05) is 0 Å². The van der Waals surface area contributed by atoms with Gasteiger partial charge in [-0.1, -0.05) is 59.6 Å². The summed E-state index contributed by atoms with van der Waals surface area (Å²) in [5, 5.41) is 0.696. The molecule has 3 aromatic carbocycles. The highest BCUT2D eigenvalue weighted by atomic mass is 35.5. The van der Waals surface area contributed by atoms with Gasteiger partial charge in [-0.3, -0.25) is 4.79 Å². The van der Waals surface area contributed by atoms with Gasteiger partial charge in [0.05, 0.1) is 0 Å². The zero-order chi connectivity index (χ0) is 15.3. The maximum Gasteiger partial charge on any atom is 0.194 e. The molecule has 0 unspecified atom stereocenters. The Balaban J connectivity index is 1.97. The summed E-state index contributed by atoms with van der Waals surface area (Å²) in [7, 11) is 0. The molecule has 0 atom stereocenters. The Morgan fingerprint density at radius 3 is 2.27 bits per heavy atom. The summed E-state index contributed by atoms with van der Waals surface area (Å²) in [5.41, 5.74) is 6.73. The number of fused-ring (bicyclic) bond motifs is 3. The highest BCUT2D eigenvalue weighted by Crippen LogP contribution is 2.41. The Kier molecular flexibility index (Phi) is 2.91. The molecule has 0 amide bonds. The summed E-state index contributed by atoms with van der Waals surface area (Å²) in [6.45, 7) is 2.01. The molecular formula is C20H13ClO. The monoisotopic (exact) mass is 304 g/mol. The highest BCUT2D eigenvalue weighted by Gasteiger charge is 2.29. The van der Waals surface area contributed by atoms with Crippen LogP contribution in [-0.2, 0) is 0 Å². The first-order valence-electron chi connectivity index (χ1n) is 7.20. The molecule has 1 nitrogen and oxygen atoms in total. The van der Waals surface area contributed by atoms with E-state index in [1.54, 1.807) is 0 Å². The molecule has 4 rings (SSSR count). The van der Waals surface area contributed by atoms with Crippen molar-refractivity contribution in [3.63, 3.8) is 0 Å². The van der Waals surface area contributed by atoms with Crippen molar-refractivity contribution in [3.8, 4) is 22.3 Å². The van der Waals surface area contributed by atoms with E-state index in [0.717, 1.165) is 38.9 Å². The van der Waals surface area contributed by atoms with Gasteiger partial charge in [0.15, 0.2) is 5.78 Å². The van der Waals surface area contributed by atoms with Gasteiger partial charge in [-0.15, -0.1) is 0 Å². The van der Waals surface area contributed by atoms with E-state index in [0.29, 0.717) is 5.02 Å². The van der Waals surface area contributed by atoms with Gasteiger partial charge in [0.1, 0.15) is 0 Å². The Labute approximate surface area is 134 Å². The Bertz CT molecular complexity index is 907. The predicted octanol–water partition coefficient (Wildman–Crippen LogP) is 5.53. The predicted molar refractivity (Wildman–Crippen MR) is 90.5 cm³/mol. The maximum atomic E-state index is 12.9. The van der Waals surface area contributed by atoms with Crippen LogP contribution in [0.3, 0.4) is 0 Å². The second-order valence-electron chi connectivity index (χ2n) is 5.61. The molecule has 0 saturated carbocycles. The van der Waals surface area contributed by atoms with E-state index in [-0.39, 0.29) is 5.78 Å². The highest BCUT2D eigenvalue weighted by molar-refractivity contribution is 6.30. The Hall–Kier alpha value is -2.38. The third-order valence-corrected chi connectivity index (χ3v) is 4.41. The molecule has 0 heterocycles. The smallest absolute Gasteiger partial charge is 0.194 e. The van der Waals surface area contributed by atoms with Gasteiger partial charge in [-0.25, -0.2) is 0 Å². The summed E-state index contributed by atoms with van der Waals surface area (Å²) in [6, 6.07) is 19.7. The summed E-state index contributed by atoms with van der Waals surface area (Å²) < 4.78 is 0. The average Bonchev–Trinajstić information content (AvgIpc) is 2.81. The fraction of sp³-hybridized carbons (Fsp3) is 0.0500. The lowest BCUT2D eigenvalue weighted by atomic mass is 9.95. The Morgan fingerprint density at radius 1 is 0.773 bits per heavy atom. The molecule has 0 radical (unpaired) electrons. The van der Waals surface area contributed by atoms with Crippen LogP contribution in [0.5, 0.6) is 0 Å². The second-order valence-corrected chi connectivity index (χ2v) is 6.05. The molecule has 106 valence electrons. The Morgan fingerprint density at radius 2 is 1.50 bits per heavy atom. The van der Waals surface area contributed by atoms with Crippen molar-refractivity contribution < 1.29 is 4.79 Å². The van der Waals surface area contributed by atoms with Crippen LogP contribution in [0.2, 0.25) is 5.02 Å². The van der Waals surface area contributed by atoms with Crippen LogP contribution in [0.4, 0.5) is 0 Å². The quantitative estimate of drug-likeness (QED) is 0.452. The molecule has 0 fully saturated rings. The van der Waals surface area contributed by atoms with E-state index >= 15 is 0 Å². The molecule has 0 bridgehead atoms. The zero-order valence-electron chi connectivity index (χ0n) is 12.1. The van der Waals surface area contributed by atoms with Crippen molar-refractivity contribution >= 4 is 17.4 Å². The minimum atomic E-state index is 0.110. The lowest BCUT2D eigenvalue weighted by Crippen LogP contribution is -1.98. The number of rotatable bonds is 1. The maximum absolute atomic E-state index is 12.9. The van der Waals surface area contributed by atoms with E-state index in [2.05, 4.69) is 6.07 Å². The standard InChI is InChI=1S/C20H13ClO/c1-12-5-10-16-17-4-2-3-15(13-6-8-14(21)9-7-13)19(17)20(22)18(16)11-12/h2-11H,1H3. The zero-order valence-corrected chi connectivity index (χ0v) is 12.8. The van der Waals surface area contributed by atoms with Crippen molar-refractivity contribution in [3.05, 3.63) is 82.4 Å². The molecule has 0 saturated heterocycles. The van der Waals surface area contributed by atoms with E-state index in [1.807, 2.05) is 61.5 Å². The number of benzene rings is 3. The number of ketones is 1.